The van der Waals surface area contributed by atoms with Crippen LogP contribution in [0.5, 0.6) is 11.5 Å². The molecule has 0 amide bonds. The summed E-state index contributed by atoms with van der Waals surface area (Å²) in [5.41, 5.74) is 0. The molecule has 1 rings (SSSR count). The van der Waals surface area contributed by atoms with E-state index in [9.17, 15) is 13.5 Å². The van der Waals surface area contributed by atoms with Crippen LogP contribution in [-0.4, -0.2) is 19.6 Å². The van der Waals surface area contributed by atoms with E-state index in [1.54, 1.807) is 0 Å². The molecule has 84 valence electrons. The molecule has 3 N–H and O–H groups in total. The number of rotatable bonds is 3. The molecule has 0 bridgehead atoms. The number of primary sulfonamides is 1. The fourth-order valence-electron chi connectivity index (χ4n) is 1.07. The van der Waals surface area contributed by atoms with Crippen LogP contribution in [0.4, 0.5) is 0 Å². The quantitative estimate of drug-likeness (QED) is 0.806. The zero-order valence-corrected chi connectivity index (χ0v) is 9.28. The predicted molar refractivity (Wildman–Crippen MR) is 55.2 cm³/mol. The van der Waals surface area contributed by atoms with Gasteiger partial charge in [-0.1, -0.05) is 0 Å². The van der Waals surface area contributed by atoms with Crippen LogP contribution in [0.2, 0.25) is 0 Å². The molecule has 0 aliphatic rings. The third-order valence-electron chi connectivity index (χ3n) is 1.61. The van der Waals surface area contributed by atoms with Gasteiger partial charge in [-0.15, -0.1) is 0 Å². The summed E-state index contributed by atoms with van der Waals surface area (Å²) in [5, 5.41) is 14.2. The predicted octanol–water partition coefficient (Wildman–Crippen LogP) is 0.827. The van der Waals surface area contributed by atoms with Crippen LogP contribution in [-0.2, 0) is 10.0 Å². The van der Waals surface area contributed by atoms with E-state index in [-0.39, 0.29) is 16.7 Å². The summed E-state index contributed by atoms with van der Waals surface area (Å²) in [6, 6.07) is 3.91. The summed E-state index contributed by atoms with van der Waals surface area (Å²) in [6.45, 7) is 3.62. The lowest BCUT2D eigenvalue weighted by molar-refractivity contribution is 0.241. The van der Waals surface area contributed by atoms with Crippen molar-refractivity contribution in [3.05, 3.63) is 18.2 Å². The Balaban J connectivity index is 3.18. The molecule has 15 heavy (non-hydrogen) atoms. The Morgan fingerprint density at radius 3 is 2.47 bits per heavy atom. The van der Waals surface area contributed by atoms with Gasteiger partial charge in [0.25, 0.3) is 0 Å². The fourth-order valence-corrected chi connectivity index (χ4v) is 1.71. The van der Waals surface area contributed by atoms with E-state index in [4.69, 9.17) is 9.88 Å². The van der Waals surface area contributed by atoms with Crippen molar-refractivity contribution in [2.24, 2.45) is 5.14 Å². The molecular formula is C9H13NO4S. The number of nitrogens with two attached hydrogens (primary N) is 1. The summed E-state index contributed by atoms with van der Waals surface area (Å²) < 4.78 is 27.4. The van der Waals surface area contributed by atoms with E-state index in [1.165, 1.54) is 18.2 Å². The molecule has 6 heteroatoms. The summed E-state index contributed by atoms with van der Waals surface area (Å²) in [5.74, 6) is -0.0274. The van der Waals surface area contributed by atoms with Gasteiger partial charge in [-0.2, -0.15) is 0 Å². The van der Waals surface area contributed by atoms with Gasteiger partial charge in [-0.25, -0.2) is 13.6 Å². The first-order valence-electron chi connectivity index (χ1n) is 4.33. The second kappa shape index (κ2) is 4.08. The molecule has 1 aromatic carbocycles. The van der Waals surface area contributed by atoms with E-state index in [0.29, 0.717) is 5.75 Å². The van der Waals surface area contributed by atoms with Crippen LogP contribution in [0.25, 0.3) is 0 Å². The third-order valence-corrected chi connectivity index (χ3v) is 2.55. The second-order valence-corrected chi connectivity index (χ2v) is 4.87. The van der Waals surface area contributed by atoms with Gasteiger partial charge < -0.3 is 9.84 Å². The van der Waals surface area contributed by atoms with Crippen LogP contribution in [0.1, 0.15) is 13.8 Å². The highest BCUT2D eigenvalue weighted by Crippen LogP contribution is 2.26. The minimum atomic E-state index is -3.92. The second-order valence-electron chi connectivity index (χ2n) is 3.34. The van der Waals surface area contributed by atoms with Crippen molar-refractivity contribution in [3.63, 3.8) is 0 Å². The molecule has 1 aromatic rings. The lowest BCUT2D eigenvalue weighted by Gasteiger charge is -2.11. The third kappa shape index (κ3) is 3.10. The Hall–Kier alpha value is -1.27. The van der Waals surface area contributed by atoms with Gasteiger partial charge in [0.05, 0.1) is 6.10 Å². The fraction of sp³-hybridized carbons (Fsp3) is 0.333. The molecule has 0 saturated heterocycles. The molecule has 0 spiro atoms. The van der Waals surface area contributed by atoms with Crippen molar-refractivity contribution in [3.8, 4) is 11.5 Å². The average Bonchev–Trinajstić information content (AvgIpc) is 2.05. The highest BCUT2D eigenvalue weighted by molar-refractivity contribution is 7.89. The number of phenols is 1. The van der Waals surface area contributed by atoms with Gasteiger partial charge in [0.15, 0.2) is 0 Å². The first-order valence-corrected chi connectivity index (χ1v) is 5.88. The Kier molecular flexibility index (Phi) is 3.21. The maximum atomic E-state index is 11.1. The Labute approximate surface area is 88.5 Å². The number of sulfonamides is 1. The van der Waals surface area contributed by atoms with E-state index in [0.717, 1.165) is 0 Å². The van der Waals surface area contributed by atoms with Crippen molar-refractivity contribution >= 4 is 10.0 Å². The van der Waals surface area contributed by atoms with Crippen LogP contribution < -0.4 is 9.88 Å². The largest absolute Gasteiger partial charge is 0.507 e. The van der Waals surface area contributed by atoms with Gasteiger partial charge >= 0.3 is 0 Å². The van der Waals surface area contributed by atoms with Crippen molar-refractivity contribution in [2.75, 3.05) is 0 Å². The number of phenolic OH excluding ortho intramolecular Hbond substituents is 1. The Morgan fingerprint density at radius 1 is 1.40 bits per heavy atom. The average molecular weight is 231 g/mol. The SMILES string of the molecule is CC(C)Oc1ccc(O)c(S(N)(=O)=O)c1. The minimum absolute atomic E-state index is 0.0807. The molecule has 0 heterocycles. The normalized spacial score (nSPS) is 11.7. The van der Waals surface area contributed by atoms with Gasteiger partial charge in [0.2, 0.25) is 10.0 Å². The summed E-state index contributed by atoms with van der Waals surface area (Å²) in [4.78, 5) is -0.333. The number of hydrogen-bond acceptors (Lipinski definition) is 4. The lowest BCUT2D eigenvalue weighted by Crippen LogP contribution is -2.13. The molecule has 0 radical (unpaired) electrons. The number of benzene rings is 1. The molecule has 0 aromatic heterocycles. The first-order chi connectivity index (χ1) is 6.80. The van der Waals surface area contributed by atoms with Gasteiger partial charge in [-0.3, -0.25) is 0 Å². The Bertz CT molecular complexity index is 453. The van der Waals surface area contributed by atoms with Gasteiger partial charge in [-0.05, 0) is 26.0 Å². The number of hydrogen-bond donors (Lipinski definition) is 2. The standard InChI is InChI=1S/C9H13NO4S/c1-6(2)14-7-3-4-8(11)9(5-7)15(10,12)13/h3-6,11H,1-2H3,(H2,10,12,13). The maximum Gasteiger partial charge on any atom is 0.241 e. The first kappa shape index (κ1) is 11.8. The molecule has 0 unspecified atom stereocenters. The maximum absolute atomic E-state index is 11.1. The van der Waals surface area contributed by atoms with Crippen LogP contribution in [0, 0.1) is 0 Å². The van der Waals surface area contributed by atoms with Crippen molar-refractivity contribution in [1.82, 2.24) is 0 Å². The van der Waals surface area contributed by atoms with Crippen molar-refractivity contribution in [1.29, 1.82) is 0 Å². The summed E-state index contributed by atoms with van der Waals surface area (Å²) >= 11 is 0. The van der Waals surface area contributed by atoms with E-state index >= 15 is 0 Å². The topological polar surface area (TPSA) is 89.6 Å². The molecular weight excluding hydrogens is 218 g/mol. The Morgan fingerprint density at radius 2 is 2.00 bits per heavy atom. The van der Waals surface area contributed by atoms with Crippen molar-refractivity contribution in [2.45, 2.75) is 24.8 Å². The van der Waals surface area contributed by atoms with Crippen LogP contribution in [0.15, 0.2) is 23.1 Å². The lowest BCUT2D eigenvalue weighted by atomic mass is 10.3. The zero-order valence-electron chi connectivity index (χ0n) is 8.47. The van der Waals surface area contributed by atoms with Gasteiger partial charge in [0, 0.05) is 6.07 Å². The van der Waals surface area contributed by atoms with E-state index < -0.39 is 10.0 Å². The zero-order chi connectivity index (χ0) is 11.6. The monoisotopic (exact) mass is 231 g/mol. The highest BCUT2D eigenvalue weighted by Gasteiger charge is 2.15. The molecule has 0 aliphatic carbocycles. The molecule has 0 saturated carbocycles. The van der Waals surface area contributed by atoms with E-state index in [1.807, 2.05) is 13.8 Å². The molecule has 0 aliphatic heterocycles. The van der Waals surface area contributed by atoms with Gasteiger partial charge in [0.1, 0.15) is 16.4 Å². The van der Waals surface area contributed by atoms with Crippen LogP contribution in [0.3, 0.4) is 0 Å². The van der Waals surface area contributed by atoms with Crippen molar-refractivity contribution < 1.29 is 18.3 Å². The molecule has 0 atom stereocenters. The summed E-state index contributed by atoms with van der Waals surface area (Å²) in [7, 11) is -3.92. The van der Waals surface area contributed by atoms with E-state index in [2.05, 4.69) is 0 Å². The van der Waals surface area contributed by atoms with Crippen LogP contribution >= 0.6 is 0 Å². The smallest absolute Gasteiger partial charge is 0.241 e. The minimum Gasteiger partial charge on any atom is -0.507 e. The number of ether oxygens (including phenoxy) is 1. The molecule has 0 fully saturated rings. The number of aromatic hydroxyl groups is 1. The molecule has 5 nitrogen and oxygen atoms in total. The highest BCUT2D eigenvalue weighted by atomic mass is 32.2. The summed E-state index contributed by atoms with van der Waals surface area (Å²) in [6.07, 6.45) is -0.0807.